The van der Waals surface area contributed by atoms with Crippen LogP contribution in [0.15, 0.2) is 36.4 Å². The normalized spacial score (nSPS) is 10.7. The fraction of sp³-hybridized carbons (Fsp3) is 0.412. The van der Waals surface area contributed by atoms with Crippen molar-refractivity contribution in [3.63, 3.8) is 0 Å². The predicted octanol–water partition coefficient (Wildman–Crippen LogP) is 3.19. The minimum Gasteiger partial charge on any atom is -0.481 e. The average molecular weight is 289 g/mol. The first kappa shape index (κ1) is 17.0. The molecule has 0 aromatic heterocycles. The van der Waals surface area contributed by atoms with Gasteiger partial charge in [-0.3, -0.25) is 9.59 Å². The summed E-state index contributed by atoms with van der Waals surface area (Å²) in [4.78, 5) is 24.5. The molecule has 0 aliphatic carbocycles. The molecular formula is C17H23NO3. The Hall–Kier alpha value is -2.10. The lowest BCUT2D eigenvalue weighted by atomic mass is 10.2. The molecule has 21 heavy (non-hydrogen) atoms. The number of hydrogen-bond donors (Lipinski definition) is 1. The van der Waals surface area contributed by atoms with Gasteiger partial charge in [-0.1, -0.05) is 50.1 Å². The lowest BCUT2D eigenvalue weighted by Crippen LogP contribution is -2.32. The van der Waals surface area contributed by atoms with Crippen LogP contribution in [0.25, 0.3) is 6.08 Å². The Balaban J connectivity index is 2.60. The van der Waals surface area contributed by atoms with Crippen LogP contribution >= 0.6 is 0 Å². The molecule has 0 saturated heterocycles. The highest BCUT2D eigenvalue weighted by molar-refractivity contribution is 5.92. The number of carbonyl (C=O) groups is 2. The van der Waals surface area contributed by atoms with Gasteiger partial charge >= 0.3 is 5.97 Å². The smallest absolute Gasteiger partial charge is 0.305 e. The maximum atomic E-state index is 12.2. The van der Waals surface area contributed by atoms with Crippen LogP contribution in [-0.2, 0) is 9.59 Å². The monoisotopic (exact) mass is 289 g/mol. The summed E-state index contributed by atoms with van der Waals surface area (Å²) in [7, 11) is 0. The lowest BCUT2D eigenvalue weighted by Gasteiger charge is -2.20. The first-order chi connectivity index (χ1) is 10.1. The number of amides is 1. The molecule has 0 atom stereocenters. The van der Waals surface area contributed by atoms with Crippen molar-refractivity contribution in [3.8, 4) is 0 Å². The van der Waals surface area contributed by atoms with Crippen LogP contribution in [0.5, 0.6) is 0 Å². The first-order valence-electron chi connectivity index (χ1n) is 7.37. The van der Waals surface area contributed by atoms with E-state index < -0.39 is 5.97 Å². The van der Waals surface area contributed by atoms with Gasteiger partial charge < -0.3 is 10.0 Å². The molecule has 0 fully saturated rings. The van der Waals surface area contributed by atoms with E-state index in [0.29, 0.717) is 6.54 Å². The molecule has 0 saturated carbocycles. The number of aliphatic carboxylic acids is 1. The van der Waals surface area contributed by atoms with Gasteiger partial charge in [-0.2, -0.15) is 0 Å². The second-order valence-corrected chi connectivity index (χ2v) is 4.92. The minimum atomic E-state index is -0.879. The van der Waals surface area contributed by atoms with Gasteiger partial charge in [-0.15, -0.1) is 0 Å². The number of rotatable bonds is 9. The third-order valence-corrected chi connectivity index (χ3v) is 3.16. The summed E-state index contributed by atoms with van der Waals surface area (Å²) in [6.45, 7) is 2.97. The first-order valence-corrected chi connectivity index (χ1v) is 7.37. The molecule has 0 aliphatic rings. The Morgan fingerprint density at radius 2 is 1.86 bits per heavy atom. The van der Waals surface area contributed by atoms with Crippen LogP contribution < -0.4 is 0 Å². The third-order valence-electron chi connectivity index (χ3n) is 3.16. The van der Waals surface area contributed by atoms with E-state index in [-0.39, 0.29) is 18.9 Å². The molecule has 0 unspecified atom stereocenters. The highest BCUT2D eigenvalue weighted by Gasteiger charge is 2.11. The van der Waals surface area contributed by atoms with Gasteiger partial charge in [-0.25, -0.2) is 0 Å². The van der Waals surface area contributed by atoms with E-state index in [4.69, 9.17) is 5.11 Å². The number of carboxylic acid groups (broad SMARTS) is 1. The van der Waals surface area contributed by atoms with Crippen LogP contribution in [0, 0.1) is 0 Å². The van der Waals surface area contributed by atoms with Crippen LogP contribution in [0.2, 0.25) is 0 Å². The molecule has 0 heterocycles. The second kappa shape index (κ2) is 9.75. The Morgan fingerprint density at radius 1 is 1.14 bits per heavy atom. The van der Waals surface area contributed by atoms with Crippen molar-refractivity contribution in [2.24, 2.45) is 0 Å². The summed E-state index contributed by atoms with van der Waals surface area (Å²) in [6, 6.07) is 9.58. The summed E-state index contributed by atoms with van der Waals surface area (Å²) in [5.41, 5.74) is 0.956. The zero-order chi connectivity index (χ0) is 15.5. The molecule has 1 rings (SSSR count). The van der Waals surface area contributed by atoms with Crippen LogP contribution in [0.3, 0.4) is 0 Å². The van der Waals surface area contributed by atoms with Crippen molar-refractivity contribution in [2.45, 2.75) is 32.6 Å². The average Bonchev–Trinajstić information content (AvgIpc) is 2.49. The number of hydrogen-bond acceptors (Lipinski definition) is 2. The fourth-order valence-electron chi connectivity index (χ4n) is 1.95. The zero-order valence-corrected chi connectivity index (χ0v) is 12.5. The number of benzene rings is 1. The van der Waals surface area contributed by atoms with Gasteiger partial charge in [0, 0.05) is 19.2 Å². The zero-order valence-electron chi connectivity index (χ0n) is 12.5. The van der Waals surface area contributed by atoms with E-state index in [1.165, 1.54) is 6.08 Å². The number of unbranched alkanes of at least 4 members (excludes halogenated alkanes) is 2. The maximum Gasteiger partial charge on any atom is 0.305 e. The molecule has 0 aliphatic heterocycles. The Labute approximate surface area is 126 Å². The molecule has 1 amide bonds. The molecule has 0 bridgehead atoms. The molecule has 0 spiro atoms. The number of carbonyl (C=O) groups excluding carboxylic acids is 1. The van der Waals surface area contributed by atoms with Crippen molar-refractivity contribution in [1.82, 2.24) is 4.90 Å². The standard InChI is InChI=1S/C17H23NO3/c1-2-3-7-13-18(14-12-17(20)21)16(19)11-10-15-8-5-4-6-9-15/h4-6,8-11H,2-3,7,12-14H2,1H3,(H,20,21)/b11-10+. The van der Waals surface area contributed by atoms with E-state index in [0.717, 1.165) is 24.8 Å². The van der Waals surface area contributed by atoms with Gasteiger partial charge in [0.25, 0.3) is 0 Å². The highest BCUT2D eigenvalue weighted by atomic mass is 16.4. The van der Waals surface area contributed by atoms with E-state index in [9.17, 15) is 9.59 Å². The summed E-state index contributed by atoms with van der Waals surface area (Å²) in [5.74, 6) is -1.01. The van der Waals surface area contributed by atoms with Gasteiger partial charge in [0.1, 0.15) is 0 Å². The minimum absolute atomic E-state index is 0.0168. The van der Waals surface area contributed by atoms with Crippen molar-refractivity contribution < 1.29 is 14.7 Å². The van der Waals surface area contributed by atoms with Crippen LogP contribution in [0.4, 0.5) is 0 Å². The van der Waals surface area contributed by atoms with Crippen molar-refractivity contribution in [2.75, 3.05) is 13.1 Å². The van der Waals surface area contributed by atoms with E-state index in [2.05, 4.69) is 6.92 Å². The van der Waals surface area contributed by atoms with Crippen molar-refractivity contribution in [3.05, 3.63) is 42.0 Å². The molecule has 114 valence electrons. The van der Waals surface area contributed by atoms with Gasteiger partial charge in [0.15, 0.2) is 0 Å². The van der Waals surface area contributed by atoms with Crippen molar-refractivity contribution in [1.29, 1.82) is 0 Å². The molecule has 1 aromatic carbocycles. The molecule has 1 aromatic rings. The Bertz CT molecular complexity index is 468. The summed E-state index contributed by atoms with van der Waals surface area (Å²) in [6.07, 6.45) is 6.27. The van der Waals surface area contributed by atoms with Crippen LogP contribution in [-0.4, -0.2) is 35.0 Å². The van der Waals surface area contributed by atoms with Gasteiger partial charge in [-0.05, 0) is 18.1 Å². The molecule has 0 radical (unpaired) electrons. The van der Waals surface area contributed by atoms with Gasteiger partial charge in [0.2, 0.25) is 5.91 Å². The third kappa shape index (κ3) is 7.30. The fourth-order valence-corrected chi connectivity index (χ4v) is 1.95. The van der Waals surface area contributed by atoms with Crippen LogP contribution in [0.1, 0.15) is 38.2 Å². The van der Waals surface area contributed by atoms with E-state index in [1.54, 1.807) is 11.0 Å². The Kier molecular flexibility index (Phi) is 7.87. The summed E-state index contributed by atoms with van der Waals surface area (Å²) >= 11 is 0. The molecule has 1 N–H and O–H groups in total. The molecular weight excluding hydrogens is 266 g/mol. The quantitative estimate of drug-likeness (QED) is 0.561. The van der Waals surface area contributed by atoms with E-state index in [1.807, 2.05) is 30.3 Å². The predicted molar refractivity (Wildman–Crippen MR) is 83.8 cm³/mol. The number of carboxylic acids is 1. The Morgan fingerprint density at radius 3 is 2.48 bits per heavy atom. The SMILES string of the molecule is CCCCCN(CCC(=O)O)C(=O)/C=C/c1ccccc1. The largest absolute Gasteiger partial charge is 0.481 e. The maximum absolute atomic E-state index is 12.2. The molecule has 4 nitrogen and oxygen atoms in total. The topological polar surface area (TPSA) is 57.6 Å². The van der Waals surface area contributed by atoms with Crippen molar-refractivity contribution >= 4 is 18.0 Å². The van der Waals surface area contributed by atoms with Gasteiger partial charge in [0.05, 0.1) is 6.42 Å². The summed E-state index contributed by atoms with van der Waals surface area (Å²) < 4.78 is 0. The second-order valence-electron chi connectivity index (χ2n) is 4.92. The lowest BCUT2D eigenvalue weighted by molar-refractivity contribution is -0.138. The highest BCUT2D eigenvalue weighted by Crippen LogP contribution is 2.05. The molecule has 4 heteroatoms. The number of nitrogens with zero attached hydrogens (tertiary/aromatic N) is 1. The summed E-state index contributed by atoms with van der Waals surface area (Å²) in [5, 5.41) is 8.77. The van der Waals surface area contributed by atoms with E-state index >= 15 is 0 Å².